The van der Waals surface area contributed by atoms with E-state index >= 15 is 0 Å². The molecule has 1 aliphatic rings. The van der Waals surface area contributed by atoms with E-state index in [2.05, 4.69) is 15.6 Å². The average Bonchev–Trinajstić information content (AvgIpc) is 2.94. The highest BCUT2D eigenvalue weighted by molar-refractivity contribution is 5.75. The number of rotatable bonds is 5. The first-order chi connectivity index (χ1) is 10.1. The molecule has 1 saturated carbocycles. The van der Waals surface area contributed by atoms with Crippen molar-refractivity contribution < 1.29 is 14.7 Å². The summed E-state index contributed by atoms with van der Waals surface area (Å²) in [5.41, 5.74) is 1.98. The molecule has 1 aromatic rings. The number of aryl methyl sites for hydroxylation is 1. The van der Waals surface area contributed by atoms with Crippen LogP contribution in [0.1, 0.15) is 37.4 Å². The summed E-state index contributed by atoms with van der Waals surface area (Å²) < 4.78 is 0. The lowest BCUT2D eigenvalue weighted by molar-refractivity contribution is -0.141. The third kappa shape index (κ3) is 4.18. The number of hydrogen-bond acceptors (Lipinski definition) is 3. The van der Waals surface area contributed by atoms with Crippen molar-refractivity contribution in [3.63, 3.8) is 0 Å². The molecule has 6 heteroatoms. The van der Waals surface area contributed by atoms with Gasteiger partial charge in [0.2, 0.25) is 0 Å². The number of nitrogens with zero attached hydrogens (tertiary/aromatic N) is 1. The number of carbonyl (C=O) groups excluding carboxylic acids is 1. The second-order valence-corrected chi connectivity index (χ2v) is 5.33. The maximum Gasteiger partial charge on any atom is 0.315 e. The minimum atomic E-state index is -0.777. The monoisotopic (exact) mass is 291 g/mol. The normalized spacial score (nSPS) is 21.0. The van der Waals surface area contributed by atoms with Crippen molar-refractivity contribution in [2.75, 3.05) is 0 Å². The summed E-state index contributed by atoms with van der Waals surface area (Å²) in [4.78, 5) is 27.0. The van der Waals surface area contributed by atoms with Gasteiger partial charge in [0.05, 0.1) is 18.2 Å². The SMILES string of the molecule is CCc1cccnc1CNC(=O)NC1CCC(C(=O)O)C1. The van der Waals surface area contributed by atoms with Gasteiger partial charge in [0.15, 0.2) is 0 Å². The third-order valence-corrected chi connectivity index (χ3v) is 3.90. The number of aromatic nitrogens is 1. The molecule has 114 valence electrons. The highest BCUT2D eigenvalue weighted by atomic mass is 16.4. The predicted molar refractivity (Wildman–Crippen MR) is 77.8 cm³/mol. The van der Waals surface area contributed by atoms with Gasteiger partial charge in [-0.2, -0.15) is 0 Å². The van der Waals surface area contributed by atoms with E-state index < -0.39 is 5.97 Å². The number of aliphatic carboxylic acids is 1. The second-order valence-electron chi connectivity index (χ2n) is 5.33. The van der Waals surface area contributed by atoms with Crippen molar-refractivity contribution in [2.24, 2.45) is 5.92 Å². The van der Waals surface area contributed by atoms with Crippen LogP contribution < -0.4 is 10.6 Å². The molecule has 2 unspecified atom stereocenters. The van der Waals surface area contributed by atoms with E-state index in [0.717, 1.165) is 17.7 Å². The van der Waals surface area contributed by atoms with E-state index in [1.54, 1.807) is 6.20 Å². The van der Waals surface area contributed by atoms with Gasteiger partial charge in [-0.05, 0) is 37.3 Å². The van der Waals surface area contributed by atoms with Crippen molar-refractivity contribution in [2.45, 2.75) is 45.2 Å². The molecule has 1 aromatic heterocycles. The average molecular weight is 291 g/mol. The van der Waals surface area contributed by atoms with Gasteiger partial charge in [0, 0.05) is 12.2 Å². The number of hydrogen-bond donors (Lipinski definition) is 3. The van der Waals surface area contributed by atoms with Crippen molar-refractivity contribution in [1.29, 1.82) is 0 Å². The number of carboxylic acid groups (broad SMARTS) is 1. The number of urea groups is 1. The molecule has 21 heavy (non-hydrogen) atoms. The fraction of sp³-hybridized carbons (Fsp3) is 0.533. The molecule has 0 aromatic carbocycles. The molecule has 0 saturated heterocycles. The van der Waals surface area contributed by atoms with Crippen LogP contribution in [0.5, 0.6) is 0 Å². The summed E-state index contributed by atoms with van der Waals surface area (Å²) in [6, 6.07) is 3.56. The molecule has 0 aliphatic heterocycles. The van der Waals surface area contributed by atoms with Crippen LogP contribution in [0, 0.1) is 5.92 Å². The molecule has 0 spiro atoms. The summed E-state index contributed by atoms with van der Waals surface area (Å²) in [6.07, 6.45) is 4.43. The van der Waals surface area contributed by atoms with Gasteiger partial charge >= 0.3 is 12.0 Å². The van der Waals surface area contributed by atoms with E-state index in [4.69, 9.17) is 5.11 Å². The Morgan fingerprint density at radius 1 is 1.43 bits per heavy atom. The van der Waals surface area contributed by atoms with E-state index in [0.29, 0.717) is 25.8 Å². The first-order valence-electron chi connectivity index (χ1n) is 7.30. The Bertz CT molecular complexity index is 519. The number of pyridine rings is 1. The van der Waals surface area contributed by atoms with Gasteiger partial charge in [0.1, 0.15) is 0 Å². The fourth-order valence-electron chi connectivity index (χ4n) is 2.69. The highest BCUT2D eigenvalue weighted by Crippen LogP contribution is 2.25. The second kappa shape index (κ2) is 7.06. The lowest BCUT2D eigenvalue weighted by atomic mass is 10.1. The van der Waals surface area contributed by atoms with Crippen LogP contribution in [0.15, 0.2) is 18.3 Å². The van der Waals surface area contributed by atoms with Gasteiger partial charge in [-0.3, -0.25) is 9.78 Å². The molecular weight excluding hydrogens is 270 g/mol. The van der Waals surface area contributed by atoms with Crippen LogP contribution in [0.2, 0.25) is 0 Å². The summed E-state index contributed by atoms with van der Waals surface area (Å²) >= 11 is 0. The molecule has 2 rings (SSSR count). The largest absolute Gasteiger partial charge is 0.481 e. The summed E-state index contributed by atoms with van der Waals surface area (Å²) in [7, 11) is 0. The van der Waals surface area contributed by atoms with Crippen LogP contribution in [-0.4, -0.2) is 28.1 Å². The topological polar surface area (TPSA) is 91.3 Å². The Balaban J connectivity index is 1.79. The Labute approximate surface area is 124 Å². The Morgan fingerprint density at radius 3 is 2.90 bits per heavy atom. The van der Waals surface area contributed by atoms with E-state index in [9.17, 15) is 9.59 Å². The molecule has 2 amide bonds. The minimum Gasteiger partial charge on any atom is -0.481 e. The molecule has 6 nitrogen and oxygen atoms in total. The highest BCUT2D eigenvalue weighted by Gasteiger charge is 2.30. The minimum absolute atomic E-state index is 0.0551. The third-order valence-electron chi connectivity index (χ3n) is 3.90. The van der Waals surface area contributed by atoms with E-state index in [1.807, 2.05) is 19.1 Å². The van der Waals surface area contributed by atoms with Crippen LogP contribution in [-0.2, 0) is 17.8 Å². The number of carbonyl (C=O) groups is 2. The smallest absolute Gasteiger partial charge is 0.315 e. The number of nitrogens with one attached hydrogen (secondary N) is 2. The Morgan fingerprint density at radius 2 is 2.24 bits per heavy atom. The van der Waals surface area contributed by atoms with Gasteiger partial charge in [-0.15, -0.1) is 0 Å². The molecule has 1 heterocycles. The molecule has 2 atom stereocenters. The predicted octanol–water partition coefficient (Wildman–Crippen LogP) is 1.70. The molecule has 1 fully saturated rings. The number of carboxylic acids is 1. The lowest BCUT2D eigenvalue weighted by Gasteiger charge is -2.14. The Hall–Kier alpha value is -2.11. The van der Waals surface area contributed by atoms with Crippen LogP contribution in [0.3, 0.4) is 0 Å². The quantitative estimate of drug-likeness (QED) is 0.770. The fourth-order valence-corrected chi connectivity index (χ4v) is 2.69. The van der Waals surface area contributed by atoms with Crippen molar-refractivity contribution in [3.8, 4) is 0 Å². The molecule has 1 aliphatic carbocycles. The maximum atomic E-state index is 11.9. The standard InChI is InChI=1S/C15H21N3O3/c1-2-10-4-3-7-16-13(10)9-17-15(21)18-12-6-5-11(8-12)14(19)20/h3-4,7,11-12H,2,5-6,8-9H2,1H3,(H,19,20)(H2,17,18,21). The molecular formula is C15H21N3O3. The Kier molecular flexibility index (Phi) is 5.14. The molecule has 0 radical (unpaired) electrons. The van der Waals surface area contributed by atoms with Crippen molar-refractivity contribution in [1.82, 2.24) is 15.6 Å². The van der Waals surface area contributed by atoms with Gasteiger partial charge < -0.3 is 15.7 Å². The molecule has 3 N–H and O–H groups in total. The molecule has 0 bridgehead atoms. The van der Waals surface area contributed by atoms with Crippen molar-refractivity contribution in [3.05, 3.63) is 29.6 Å². The zero-order chi connectivity index (χ0) is 15.2. The van der Waals surface area contributed by atoms with E-state index in [-0.39, 0.29) is 18.0 Å². The first-order valence-corrected chi connectivity index (χ1v) is 7.30. The zero-order valence-corrected chi connectivity index (χ0v) is 12.1. The summed E-state index contributed by atoms with van der Waals surface area (Å²) in [6.45, 7) is 2.43. The lowest BCUT2D eigenvalue weighted by Crippen LogP contribution is -2.41. The van der Waals surface area contributed by atoms with Gasteiger partial charge in [0.25, 0.3) is 0 Å². The summed E-state index contributed by atoms with van der Waals surface area (Å²) in [5.74, 6) is -1.11. The first kappa shape index (κ1) is 15.3. The van der Waals surface area contributed by atoms with Crippen LogP contribution in [0.4, 0.5) is 4.79 Å². The van der Waals surface area contributed by atoms with E-state index in [1.165, 1.54) is 0 Å². The van der Waals surface area contributed by atoms with Crippen LogP contribution in [0.25, 0.3) is 0 Å². The van der Waals surface area contributed by atoms with Crippen molar-refractivity contribution >= 4 is 12.0 Å². The summed E-state index contributed by atoms with van der Waals surface area (Å²) in [5, 5.41) is 14.6. The van der Waals surface area contributed by atoms with Gasteiger partial charge in [-0.25, -0.2) is 4.79 Å². The number of amides is 2. The van der Waals surface area contributed by atoms with Gasteiger partial charge in [-0.1, -0.05) is 13.0 Å². The zero-order valence-electron chi connectivity index (χ0n) is 12.1. The van der Waals surface area contributed by atoms with Crippen LogP contribution >= 0.6 is 0 Å². The maximum absolute atomic E-state index is 11.9.